The largest absolute Gasteiger partial charge is 0.490 e. The van der Waals surface area contributed by atoms with Gasteiger partial charge in [0.05, 0.1) is 19.5 Å². The van der Waals surface area contributed by atoms with Crippen LogP contribution in [0.15, 0.2) is 18.2 Å². The zero-order chi connectivity index (χ0) is 14.5. The van der Waals surface area contributed by atoms with Gasteiger partial charge in [0.25, 0.3) is 5.91 Å². The molecule has 6 nitrogen and oxygen atoms in total. The second kappa shape index (κ2) is 6.42. The van der Waals surface area contributed by atoms with Gasteiger partial charge in [-0.2, -0.15) is 0 Å². The van der Waals surface area contributed by atoms with Crippen molar-refractivity contribution < 1.29 is 22.7 Å². The summed E-state index contributed by atoms with van der Waals surface area (Å²) in [4.78, 5) is 11.7. The molecule has 1 amide bonds. The molecule has 19 heavy (non-hydrogen) atoms. The number of ether oxygens (including phenoxy) is 2. The van der Waals surface area contributed by atoms with E-state index in [2.05, 4.69) is 0 Å². The van der Waals surface area contributed by atoms with E-state index in [0.717, 1.165) is 6.26 Å². The summed E-state index contributed by atoms with van der Waals surface area (Å²) < 4.78 is 34.6. The average molecular weight is 287 g/mol. The van der Waals surface area contributed by atoms with Crippen LogP contribution in [0.2, 0.25) is 0 Å². The molecule has 0 heterocycles. The summed E-state index contributed by atoms with van der Waals surface area (Å²) in [6, 6.07) is 4.51. The third kappa shape index (κ3) is 4.78. The molecule has 0 saturated heterocycles. The van der Waals surface area contributed by atoms with Gasteiger partial charge in [-0.15, -0.1) is 0 Å². The molecule has 0 bridgehead atoms. The fourth-order valence-electron chi connectivity index (χ4n) is 1.42. The van der Waals surface area contributed by atoms with Crippen LogP contribution in [-0.2, 0) is 10.0 Å². The minimum Gasteiger partial charge on any atom is -0.490 e. The Bertz CT molecular complexity index is 553. The fraction of sp³-hybridized carbons (Fsp3) is 0.417. The lowest BCUT2D eigenvalue weighted by Crippen LogP contribution is -2.29. The van der Waals surface area contributed by atoms with E-state index < -0.39 is 15.9 Å². The molecular weight excluding hydrogens is 270 g/mol. The van der Waals surface area contributed by atoms with Gasteiger partial charge in [-0.3, -0.25) is 4.79 Å². The molecule has 106 valence electrons. The maximum Gasteiger partial charge on any atom is 0.264 e. The molecule has 1 rings (SSSR count). The molecule has 1 aromatic rings. The van der Waals surface area contributed by atoms with Crippen LogP contribution in [0.4, 0.5) is 0 Å². The van der Waals surface area contributed by atoms with Gasteiger partial charge in [-0.1, -0.05) is 0 Å². The fourth-order valence-corrected chi connectivity index (χ4v) is 1.87. The molecule has 0 aromatic heterocycles. The molecule has 1 aromatic carbocycles. The lowest BCUT2D eigenvalue weighted by Gasteiger charge is -2.12. The number of nitrogens with one attached hydrogen (secondary N) is 1. The number of hydrogen-bond acceptors (Lipinski definition) is 5. The molecule has 0 aliphatic heterocycles. The molecule has 0 aliphatic rings. The molecule has 1 N–H and O–H groups in total. The summed E-state index contributed by atoms with van der Waals surface area (Å²) >= 11 is 0. The topological polar surface area (TPSA) is 81.7 Å². The van der Waals surface area contributed by atoms with Crippen LogP contribution < -0.4 is 14.2 Å². The predicted octanol–water partition coefficient (Wildman–Crippen LogP) is 1.17. The van der Waals surface area contributed by atoms with Crippen LogP contribution in [-0.4, -0.2) is 33.8 Å². The van der Waals surface area contributed by atoms with Gasteiger partial charge in [0, 0.05) is 5.56 Å². The van der Waals surface area contributed by atoms with E-state index in [1.165, 1.54) is 12.1 Å². The highest BCUT2D eigenvalue weighted by Crippen LogP contribution is 2.28. The lowest BCUT2D eigenvalue weighted by molar-refractivity contribution is 0.0981. The van der Waals surface area contributed by atoms with Crippen LogP contribution in [0, 0.1) is 0 Å². The normalized spacial score (nSPS) is 10.9. The molecule has 0 fully saturated rings. The number of rotatable bonds is 6. The second-order valence-corrected chi connectivity index (χ2v) is 5.48. The van der Waals surface area contributed by atoms with E-state index in [4.69, 9.17) is 9.47 Å². The zero-order valence-corrected chi connectivity index (χ0v) is 11.9. The molecule has 0 radical (unpaired) electrons. The van der Waals surface area contributed by atoms with Crippen molar-refractivity contribution in [3.05, 3.63) is 23.8 Å². The van der Waals surface area contributed by atoms with E-state index in [-0.39, 0.29) is 5.56 Å². The monoisotopic (exact) mass is 287 g/mol. The highest BCUT2D eigenvalue weighted by Gasteiger charge is 2.14. The van der Waals surface area contributed by atoms with Gasteiger partial charge >= 0.3 is 0 Å². The van der Waals surface area contributed by atoms with Gasteiger partial charge < -0.3 is 9.47 Å². The van der Waals surface area contributed by atoms with E-state index >= 15 is 0 Å². The van der Waals surface area contributed by atoms with Gasteiger partial charge in [-0.25, -0.2) is 13.1 Å². The van der Waals surface area contributed by atoms with Gasteiger partial charge in [0.1, 0.15) is 0 Å². The Hall–Kier alpha value is -1.76. The average Bonchev–Trinajstić information content (AvgIpc) is 2.29. The van der Waals surface area contributed by atoms with Crippen molar-refractivity contribution in [3.8, 4) is 11.5 Å². The summed E-state index contributed by atoms with van der Waals surface area (Å²) in [6.45, 7) is 4.52. The molecule has 7 heteroatoms. The Morgan fingerprint density at radius 3 is 2.26 bits per heavy atom. The molecule has 0 unspecified atom stereocenters. The summed E-state index contributed by atoms with van der Waals surface area (Å²) in [5.41, 5.74) is 0.192. The van der Waals surface area contributed by atoms with Crippen molar-refractivity contribution in [3.63, 3.8) is 0 Å². The Kier molecular flexibility index (Phi) is 5.17. The predicted molar refractivity (Wildman–Crippen MR) is 71.1 cm³/mol. The third-order valence-corrected chi connectivity index (χ3v) is 2.64. The van der Waals surface area contributed by atoms with Gasteiger partial charge in [-0.05, 0) is 32.0 Å². The van der Waals surface area contributed by atoms with Crippen LogP contribution in [0.25, 0.3) is 0 Å². The minimum absolute atomic E-state index is 0.192. The molecular formula is C12H17NO5S. The smallest absolute Gasteiger partial charge is 0.264 e. The van der Waals surface area contributed by atoms with Crippen molar-refractivity contribution in [2.75, 3.05) is 19.5 Å². The highest BCUT2D eigenvalue weighted by molar-refractivity contribution is 7.89. The maximum atomic E-state index is 11.7. The number of amides is 1. The van der Waals surface area contributed by atoms with Crippen molar-refractivity contribution in [1.82, 2.24) is 4.72 Å². The lowest BCUT2D eigenvalue weighted by atomic mass is 10.2. The van der Waals surface area contributed by atoms with Crippen molar-refractivity contribution in [1.29, 1.82) is 0 Å². The highest BCUT2D eigenvalue weighted by atomic mass is 32.2. The standard InChI is InChI=1S/C12H17NO5S/c1-4-17-10-7-6-9(8-11(10)18-5-2)12(14)13-19(3,15)16/h6-8H,4-5H2,1-3H3,(H,13,14). The summed E-state index contributed by atoms with van der Waals surface area (Å²) in [5.74, 6) is 0.220. The summed E-state index contributed by atoms with van der Waals surface area (Å²) in [7, 11) is -3.59. The van der Waals surface area contributed by atoms with E-state index in [0.29, 0.717) is 24.7 Å². The Morgan fingerprint density at radius 2 is 1.74 bits per heavy atom. The zero-order valence-electron chi connectivity index (χ0n) is 11.1. The first-order valence-electron chi connectivity index (χ1n) is 5.79. The van der Waals surface area contributed by atoms with Crippen molar-refractivity contribution >= 4 is 15.9 Å². The Balaban J connectivity index is 3.03. The first kappa shape index (κ1) is 15.3. The van der Waals surface area contributed by atoms with E-state index in [9.17, 15) is 13.2 Å². The first-order chi connectivity index (χ1) is 8.87. The van der Waals surface area contributed by atoms with Gasteiger partial charge in [0.2, 0.25) is 10.0 Å². The number of benzene rings is 1. The van der Waals surface area contributed by atoms with E-state index in [1.807, 2.05) is 11.6 Å². The minimum atomic E-state index is -3.59. The van der Waals surface area contributed by atoms with Crippen LogP contribution in [0.5, 0.6) is 11.5 Å². The second-order valence-electron chi connectivity index (χ2n) is 3.73. The van der Waals surface area contributed by atoms with Crippen LogP contribution in [0.1, 0.15) is 24.2 Å². The Morgan fingerprint density at radius 1 is 1.16 bits per heavy atom. The van der Waals surface area contributed by atoms with Crippen molar-refractivity contribution in [2.24, 2.45) is 0 Å². The Labute approximate surface area is 112 Å². The summed E-state index contributed by atoms with van der Waals surface area (Å²) in [5, 5.41) is 0. The van der Waals surface area contributed by atoms with Crippen molar-refractivity contribution in [2.45, 2.75) is 13.8 Å². The van der Waals surface area contributed by atoms with Gasteiger partial charge in [0.15, 0.2) is 11.5 Å². The van der Waals surface area contributed by atoms with Crippen LogP contribution in [0.3, 0.4) is 0 Å². The number of carbonyl (C=O) groups is 1. The molecule has 0 spiro atoms. The third-order valence-electron chi connectivity index (χ3n) is 2.08. The molecule has 0 atom stereocenters. The SMILES string of the molecule is CCOc1ccc(C(=O)NS(C)(=O)=O)cc1OCC. The molecule has 0 aliphatic carbocycles. The first-order valence-corrected chi connectivity index (χ1v) is 7.68. The number of carbonyl (C=O) groups excluding carboxylic acids is 1. The number of sulfonamides is 1. The quantitative estimate of drug-likeness (QED) is 0.849. The molecule has 0 saturated carbocycles. The number of hydrogen-bond donors (Lipinski definition) is 1. The van der Waals surface area contributed by atoms with E-state index in [1.54, 1.807) is 13.0 Å². The maximum absolute atomic E-state index is 11.7. The van der Waals surface area contributed by atoms with Crippen LogP contribution >= 0.6 is 0 Å². The summed E-state index contributed by atoms with van der Waals surface area (Å²) in [6.07, 6.45) is 0.920.